The van der Waals surface area contributed by atoms with E-state index < -0.39 is 24.2 Å². The third-order valence-electron chi connectivity index (χ3n) is 10.3. The van der Waals surface area contributed by atoms with Crippen LogP contribution in [0, 0.1) is 0 Å². The Kier molecular flexibility index (Phi) is 4.57. The van der Waals surface area contributed by atoms with Gasteiger partial charge in [-0.3, -0.25) is 0 Å². The largest absolute Gasteiger partial charge is 0.456 e. The summed E-state index contributed by atoms with van der Waals surface area (Å²) in [7, 11) is 0. The Morgan fingerprint density at radius 2 is 0.804 bits per heavy atom. The fraction of sp³-hybridized carbons (Fsp3) is 0. The van der Waals surface area contributed by atoms with Crippen LogP contribution >= 0.6 is 0 Å². The number of rotatable bonds is 3. The molecule has 0 N–H and O–H groups in total. The molecule has 236 valence electrons. The van der Waals surface area contributed by atoms with E-state index in [9.17, 15) is 5.48 Å². The maximum atomic E-state index is 9.53. The van der Waals surface area contributed by atoms with Crippen molar-refractivity contribution in [2.75, 3.05) is 0 Å². The molecule has 0 saturated heterocycles. The molecule has 0 amide bonds. The predicted octanol–water partition coefficient (Wildman–Crippen LogP) is 14.4. The molecular formula is C50H30O. The second-order valence-electron chi connectivity index (χ2n) is 13.0. The van der Waals surface area contributed by atoms with Gasteiger partial charge in [0.05, 0.1) is 11.0 Å². The van der Waals surface area contributed by atoms with Crippen molar-refractivity contribution in [1.82, 2.24) is 0 Å². The van der Waals surface area contributed by atoms with Crippen LogP contribution in [0.1, 0.15) is 11.0 Å². The smallest absolute Gasteiger partial charge is 0.136 e. The van der Waals surface area contributed by atoms with E-state index >= 15 is 0 Å². The average Bonchev–Trinajstić information content (AvgIpc) is 3.64. The lowest BCUT2D eigenvalue weighted by Crippen LogP contribution is -1.92. The number of hydrogen-bond donors (Lipinski definition) is 0. The fourth-order valence-corrected chi connectivity index (χ4v) is 8.11. The van der Waals surface area contributed by atoms with Gasteiger partial charge in [0.2, 0.25) is 0 Å². The first-order valence-corrected chi connectivity index (χ1v) is 16.9. The van der Waals surface area contributed by atoms with Crippen LogP contribution < -0.4 is 0 Å². The van der Waals surface area contributed by atoms with E-state index in [-0.39, 0.29) is 45.7 Å². The third kappa shape index (κ3) is 4.16. The second-order valence-corrected chi connectivity index (χ2v) is 13.0. The molecule has 0 aliphatic carbocycles. The zero-order chi connectivity index (χ0) is 40.4. The van der Waals surface area contributed by atoms with Gasteiger partial charge < -0.3 is 4.42 Å². The SMILES string of the molecule is [2H]c1c([2H])c([2H])c2c(-c3cccc4c(-c5cccc6oc7cc8ccccc8cc7c56)cccc34)c3c([2H])c([2H])c([2H])c([2H])c3c(-c3cccc4ccccc34)c2c1[2H]. The van der Waals surface area contributed by atoms with Crippen LogP contribution in [0.15, 0.2) is 186 Å². The first-order valence-electron chi connectivity index (χ1n) is 20.9. The Morgan fingerprint density at radius 3 is 1.49 bits per heavy atom. The van der Waals surface area contributed by atoms with Crippen molar-refractivity contribution < 1.29 is 15.4 Å². The zero-order valence-electron chi connectivity index (χ0n) is 35.1. The number of benzene rings is 10. The molecule has 1 nitrogen and oxygen atoms in total. The molecule has 0 fully saturated rings. The van der Waals surface area contributed by atoms with Crippen molar-refractivity contribution in [1.29, 1.82) is 0 Å². The molecule has 0 radical (unpaired) electrons. The highest BCUT2D eigenvalue weighted by Crippen LogP contribution is 2.48. The van der Waals surface area contributed by atoms with Gasteiger partial charge in [-0.05, 0) is 105 Å². The lowest BCUT2D eigenvalue weighted by atomic mass is 9.83. The Balaban J connectivity index is 1.31. The molecule has 0 saturated carbocycles. The molecule has 0 atom stereocenters. The summed E-state index contributed by atoms with van der Waals surface area (Å²) in [5, 5.41) is 8.14. The molecule has 1 heteroatoms. The molecular weight excluding hydrogens is 617 g/mol. The van der Waals surface area contributed by atoms with Gasteiger partial charge in [-0.25, -0.2) is 0 Å². The van der Waals surface area contributed by atoms with Crippen molar-refractivity contribution in [2.45, 2.75) is 0 Å². The molecule has 11 aromatic rings. The van der Waals surface area contributed by atoms with Crippen molar-refractivity contribution in [3.8, 4) is 33.4 Å². The molecule has 0 bridgehead atoms. The lowest BCUT2D eigenvalue weighted by Gasteiger charge is -2.20. The summed E-state index contributed by atoms with van der Waals surface area (Å²) < 4.78 is 80.1. The summed E-state index contributed by atoms with van der Waals surface area (Å²) in [5.74, 6) is 0. The summed E-state index contributed by atoms with van der Waals surface area (Å²) in [6.45, 7) is 0. The summed E-state index contributed by atoms with van der Waals surface area (Å²) in [6.07, 6.45) is 0. The molecule has 0 aliphatic heterocycles. The summed E-state index contributed by atoms with van der Waals surface area (Å²) in [4.78, 5) is 0. The van der Waals surface area contributed by atoms with Gasteiger partial charge in [-0.1, -0.05) is 164 Å². The second kappa shape index (κ2) is 10.9. The monoisotopic (exact) mass is 654 g/mol. The summed E-state index contributed by atoms with van der Waals surface area (Å²) >= 11 is 0. The van der Waals surface area contributed by atoms with Gasteiger partial charge in [0.25, 0.3) is 0 Å². The van der Waals surface area contributed by atoms with Gasteiger partial charge in [-0.2, -0.15) is 0 Å². The molecule has 10 aromatic carbocycles. The van der Waals surface area contributed by atoms with Crippen molar-refractivity contribution >= 4 is 75.8 Å². The molecule has 0 spiro atoms. The Hall–Kier alpha value is -6.70. The third-order valence-corrected chi connectivity index (χ3v) is 10.3. The van der Waals surface area contributed by atoms with Crippen molar-refractivity contribution in [2.24, 2.45) is 0 Å². The molecule has 11 rings (SSSR count). The minimum absolute atomic E-state index is 0.184. The van der Waals surface area contributed by atoms with Crippen LogP contribution in [0.2, 0.25) is 0 Å². The van der Waals surface area contributed by atoms with Crippen molar-refractivity contribution in [3.63, 3.8) is 0 Å². The average molecular weight is 655 g/mol. The standard InChI is InChI=1S/C50H30O/c1-2-15-33-30-47-45(29-32(33)14-1)50-40(27-12-28-46(50)51-47)37-24-10-23-36-35(37)22-11-26-39(36)49-43-20-7-5-18-41(43)48(42-19-6-8-21-44(42)49)38-25-9-16-31-13-3-4-17-34(31)38/h1-30H/i5D,6D,7D,8D,18D,19D,20D,21D. The molecule has 0 aliphatic rings. The van der Waals surface area contributed by atoms with Crippen LogP contribution in [0.3, 0.4) is 0 Å². The fourth-order valence-electron chi connectivity index (χ4n) is 8.11. The quantitative estimate of drug-likeness (QED) is 0.173. The molecule has 1 aromatic heterocycles. The van der Waals surface area contributed by atoms with E-state index in [1.807, 2.05) is 97.1 Å². The highest BCUT2D eigenvalue weighted by molar-refractivity contribution is 6.26. The zero-order valence-corrected chi connectivity index (χ0v) is 27.1. The van der Waals surface area contributed by atoms with Crippen molar-refractivity contribution in [3.05, 3.63) is 182 Å². The summed E-state index contributed by atoms with van der Waals surface area (Å²) in [5.41, 5.74) is 5.22. The highest BCUT2D eigenvalue weighted by Gasteiger charge is 2.20. The van der Waals surface area contributed by atoms with Gasteiger partial charge in [0.15, 0.2) is 0 Å². The first-order chi connectivity index (χ1) is 28.6. The Morgan fingerprint density at radius 1 is 0.333 bits per heavy atom. The van der Waals surface area contributed by atoms with Crippen LogP contribution in [0.25, 0.3) is 109 Å². The van der Waals surface area contributed by atoms with E-state index in [2.05, 4.69) is 36.4 Å². The summed E-state index contributed by atoms with van der Waals surface area (Å²) in [6, 6.07) is 40.7. The van der Waals surface area contributed by atoms with Crippen LogP contribution in [-0.4, -0.2) is 0 Å². The van der Waals surface area contributed by atoms with Crippen LogP contribution in [-0.2, 0) is 0 Å². The van der Waals surface area contributed by atoms with Gasteiger partial charge in [0, 0.05) is 10.8 Å². The van der Waals surface area contributed by atoms with E-state index in [0.29, 0.717) is 22.3 Å². The molecule has 51 heavy (non-hydrogen) atoms. The Labute approximate surface area is 305 Å². The van der Waals surface area contributed by atoms with Gasteiger partial charge in [0.1, 0.15) is 11.2 Å². The maximum absolute atomic E-state index is 9.53. The van der Waals surface area contributed by atoms with E-state index in [1.165, 1.54) is 0 Å². The minimum atomic E-state index is -0.431. The van der Waals surface area contributed by atoms with E-state index in [4.69, 9.17) is 9.90 Å². The lowest BCUT2D eigenvalue weighted by molar-refractivity contribution is 0.669. The predicted molar refractivity (Wildman–Crippen MR) is 218 cm³/mol. The minimum Gasteiger partial charge on any atom is -0.456 e. The van der Waals surface area contributed by atoms with Gasteiger partial charge >= 0.3 is 0 Å². The van der Waals surface area contributed by atoms with E-state index in [0.717, 1.165) is 65.4 Å². The number of fused-ring (bicyclic) bond motifs is 8. The number of furan rings is 1. The van der Waals surface area contributed by atoms with Gasteiger partial charge in [-0.15, -0.1) is 0 Å². The molecule has 0 unspecified atom stereocenters. The van der Waals surface area contributed by atoms with Crippen LogP contribution in [0.4, 0.5) is 0 Å². The normalized spacial score (nSPS) is 14.1. The number of hydrogen-bond acceptors (Lipinski definition) is 1. The van der Waals surface area contributed by atoms with Crippen LogP contribution in [0.5, 0.6) is 0 Å². The highest BCUT2D eigenvalue weighted by atomic mass is 16.3. The topological polar surface area (TPSA) is 13.1 Å². The Bertz CT molecular complexity index is 3580. The first kappa shape index (κ1) is 21.4. The maximum Gasteiger partial charge on any atom is 0.136 e. The van der Waals surface area contributed by atoms with E-state index in [1.54, 1.807) is 0 Å². The molecule has 1 heterocycles.